The molecule has 0 saturated carbocycles. The molecule has 1 aromatic carbocycles. The first-order valence-electron chi connectivity index (χ1n) is 6.74. The van der Waals surface area contributed by atoms with Crippen LogP contribution in [-0.4, -0.2) is 28.6 Å². The molecule has 6 N–H and O–H groups in total. The monoisotopic (exact) mass is 300 g/mol. The zero-order valence-electron chi connectivity index (χ0n) is 11.6. The molecule has 0 spiro atoms. The summed E-state index contributed by atoms with van der Waals surface area (Å²) < 4.78 is 0. The van der Waals surface area contributed by atoms with Crippen LogP contribution in [0.4, 0.5) is 11.6 Å². The molecule has 2 aromatic rings. The molecular weight excluding hydrogens is 284 g/mol. The lowest BCUT2D eigenvalue weighted by atomic mass is 10.3. The first-order chi connectivity index (χ1) is 10.8. The van der Waals surface area contributed by atoms with E-state index in [0.29, 0.717) is 18.1 Å². The van der Waals surface area contributed by atoms with Gasteiger partial charge in [0.1, 0.15) is 6.17 Å². The van der Waals surface area contributed by atoms with E-state index in [2.05, 4.69) is 42.5 Å². The number of para-hydroxylation sites is 1. The van der Waals surface area contributed by atoms with Crippen LogP contribution in [0.5, 0.6) is 0 Å². The van der Waals surface area contributed by atoms with Crippen LogP contribution in [0.1, 0.15) is 10.4 Å². The fraction of sp³-hybridized carbons (Fsp3) is 0.154. The molecule has 1 aliphatic heterocycles. The standard InChI is InChI=1S/C13H16N8O/c22-12(14-8-11-18-20-21-19-11)9-6-15-13(16-7-9)17-10-4-2-1-3-5-10/h1-7,11,18-21H,8H2,(H,14,22)(H,15,16,17). The molecule has 1 fully saturated rings. The SMILES string of the molecule is O=C(NCC1NNNN1)c1cnc(Nc2ccccc2)nc1. The van der Waals surface area contributed by atoms with E-state index in [4.69, 9.17) is 0 Å². The molecule has 0 bridgehead atoms. The lowest BCUT2D eigenvalue weighted by Gasteiger charge is -2.10. The van der Waals surface area contributed by atoms with Crippen molar-refractivity contribution in [2.45, 2.75) is 6.17 Å². The second-order valence-electron chi connectivity index (χ2n) is 4.59. The third kappa shape index (κ3) is 3.74. The highest BCUT2D eigenvalue weighted by atomic mass is 16.1. The number of nitrogens with zero attached hydrogens (tertiary/aromatic N) is 2. The lowest BCUT2D eigenvalue weighted by Crippen LogP contribution is -2.44. The fourth-order valence-corrected chi connectivity index (χ4v) is 1.84. The van der Waals surface area contributed by atoms with Gasteiger partial charge in [0.25, 0.3) is 5.91 Å². The van der Waals surface area contributed by atoms with Crippen molar-refractivity contribution in [3.63, 3.8) is 0 Å². The summed E-state index contributed by atoms with van der Waals surface area (Å²) >= 11 is 0. The molecule has 0 radical (unpaired) electrons. The number of hydrogen-bond acceptors (Lipinski definition) is 8. The fourth-order valence-electron chi connectivity index (χ4n) is 1.84. The van der Waals surface area contributed by atoms with Gasteiger partial charge in [0.05, 0.1) is 5.56 Å². The summed E-state index contributed by atoms with van der Waals surface area (Å²) in [5.74, 6) is 0.206. The van der Waals surface area contributed by atoms with Crippen LogP contribution in [0.15, 0.2) is 42.7 Å². The van der Waals surface area contributed by atoms with E-state index in [1.54, 1.807) is 0 Å². The Morgan fingerprint density at radius 2 is 1.77 bits per heavy atom. The molecule has 1 aromatic heterocycles. The van der Waals surface area contributed by atoms with Crippen molar-refractivity contribution in [2.75, 3.05) is 11.9 Å². The lowest BCUT2D eigenvalue weighted by molar-refractivity contribution is 0.0948. The van der Waals surface area contributed by atoms with Crippen LogP contribution in [0.2, 0.25) is 0 Å². The average Bonchev–Trinajstić information content (AvgIpc) is 3.08. The van der Waals surface area contributed by atoms with Crippen molar-refractivity contribution < 1.29 is 4.79 Å². The Bertz CT molecular complexity index is 612. The molecule has 3 rings (SSSR count). The highest BCUT2D eigenvalue weighted by molar-refractivity contribution is 5.93. The van der Waals surface area contributed by atoms with E-state index >= 15 is 0 Å². The van der Waals surface area contributed by atoms with Gasteiger partial charge in [-0.05, 0) is 12.1 Å². The van der Waals surface area contributed by atoms with E-state index in [1.165, 1.54) is 12.4 Å². The van der Waals surface area contributed by atoms with Crippen molar-refractivity contribution in [3.8, 4) is 0 Å². The molecule has 0 unspecified atom stereocenters. The number of rotatable bonds is 5. The second-order valence-corrected chi connectivity index (χ2v) is 4.59. The van der Waals surface area contributed by atoms with Crippen LogP contribution in [-0.2, 0) is 0 Å². The molecule has 22 heavy (non-hydrogen) atoms. The summed E-state index contributed by atoms with van der Waals surface area (Å²) in [5, 5.41) is 5.82. The van der Waals surface area contributed by atoms with Crippen molar-refractivity contribution >= 4 is 17.5 Å². The Labute approximate surface area is 126 Å². The van der Waals surface area contributed by atoms with Gasteiger partial charge < -0.3 is 10.6 Å². The van der Waals surface area contributed by atoms with Crippen molar-refractivity contribution in [1.82, 2.24) is 37.2 Å². The molecule has 114 valence electrons. The molecule has 1 saturated heterocycles. The number of hydrazine groups is 3. The molecule has 1 aliphatic rings. The number of carbonyl (C=O) groups is 1. The number of anilines is 2. The number of hydrogen-bond donors (Lipinski definition) is 6. The highest BCUT2D eigenvalue weighted by Crippen LogP contribution is 2.11. The smallest absolute Gasteiger partial charge is 0.254 e. The van der Waals surface area contributed by atoms with Crippen LogP contribution in [0.3, 0.4) is 0 Å². The van der Waals surface area contributed by atoms with Gasteiger partial charge in [0, 0.05) is 24.6 Å². The largest absolute Gasteiger partial charge is 0.349 e. The van der Waals surface area contributed by atoms with Gasteiger partial charge in [0.2, 0.25) is 5.95 Å². The number of nitrogens with one attached hydrogen (secondary N) is 6. The Morgan fingerprint density at radius 1 is 1.09 bits per heavy atom. The summed E-state index contributed by atoms with van der Waals surface area (Å²) in [6, 6.07) is 9.58. The molecule has 2 heterocycles. The minimum absolute atomic E-state index is 0.0936. The maximum Gasteiger partial charge on any atom is 0.254 e. The highest BCUT2D eigenvalue weighted by Gasteiger charge is 2.14. The van der Waals surface area contributed by atoms with Gasteiger partial charge in [-0.1, -0.05) is 18.2 Å². The van der Waals surface area contributed by atoms with E-state index in [-0.39, 0.29) is 12.1 Å². The van der Waals surface area contributed by atoms with Crippen molar-refractivity contribution in [1.29, 1.82) is 0 Å². The Balaban J connectivity index is 1.55. The maximum absolute atomic E-state index is 12.0. The Hall–Kier alpha value is -2.59. The second kappa shape index (κ2) is 6.91. The number of amides is 1. The summed E-state index contributed by atoms with van der Waals surface area (Å²) in [7, 11) is 0. The number of aromatic nitrogens is 2. The maximum atomic E-state index is 12.0. The van der Waals surface area contributed by atoms with Gasteiger partial charge in [-0.25, -0.2) is 20.8 Å². The van der Waals surface area contributed by atoms with Crippen molar-refractivity contribution in [3.05, 3.63) is 48.3 Å². The summed E-state index contributed by atoms with van der Waals surface area (Å²) in [6.07, 6.45) is 2.88. The van der Waals surface area contributed by atoms with E-state index in [1.807, 2.05) is 30.3 Å². The molecule has 0 atom stereocenters. The van der Waals surface area contributed by atoms with E-state index < -0.39 is 0 Å². The quantitative estimate of drug-likeness (QED) is 0.433. The van der Waals surface area contributed by atoms with Crippen LogP contribution >= 0.6 is 0 Å². The van der Waals surface area contributed by atoms with Gasteiger partial charge >= 0.3 is 0 Å². The summed E-state index contributed by atoms with van der Waals surface area (Å²) in [6.45, 7) is 0.406. The van der Waals surface area contributed by atoms with Gasteiger partial charge in [-0.2, -0.15) is 11.1 Å². The summed E-state index contributed by atoms with van der Waals surface area (Å²) in [5.41, 5.74) is 12.4. The van der Waals surface area contributed by atoms with Crippen LogP contribution < -0.4 is 32.6 Å². The number of benzene rings is 1. The predicted molar refractivity (Wildman–Crippen MR) is 80.4 cm³/mol. The third-order valence-electron chi connectivity index (χ3n) is 2.97. The zero-order chi connectivity index (χ0) is 15.2. The molecule has 0 aliphatic carbocycles. The Kier molecular flexibility index (Phi) is 4.51. The first-order valence-corrected chi connectivity index (χ1v) is 6.74. The zero-order valence-corrected chi connectivity index (χ0v) is 11.6. The van der Waals surface area contributed by atoms with Crippen molar-refractivity contribution in [2.24, 2.45) is 0 Å². The normalized spacial score (nSPS) is 14.7. The van der Waals surface area contributed by atoms with Crippen LogP contribution in [0, 0.1) is 0 Å². The predicted octanol–water partition coefficient (Wildman–Crippen LogP) is -0.607. The molecule has 9 heteroatoms. The molecule has 9 nitrogen and oxygen atoms in total. The first kappa shape index (κ1) is 14.4. The molecular formula is C13H16N8O. The van der Waals surface area contributed by atoms with Crippen LogP contribution in [0.25, 0.3) is 0 Å². The topological polar surface area (TPSA) is 115 Å². The molecule has 1 amide bonds. The minimum atomic E-state index is -0.234. The van der Waals surface area contributed by atoms with Gasteiger partial charge in [-0.15, -0.1) is 0 Å². The summed E-state index contributed by atoms with van der Waals surface area (Å²) in [4.78, 5) is 20.2. The third-order valence-corrected chi connectivity index (χ3v) is 2.97. The van der Waals surface area contributed by atoms with E-state index in [0.717, 1.165) is 5.69 Å². The van der Waals surface area contributed by atoms with Gasteiger partial charge in [0.15, 0.2) is 0 Å². The minimum Gasteiger partial charge on any atom is -0.349 e. The Morgan fingerprint density at radius 3 is 2.45 bits per heavy atom. The number of carbonyl (C=O) groups excluding carboxylic acids is 1. The average molecular weight is 300 g/mol. The van der Waals surface area contributed by atoms with E-state index in [9.17, 15) is 4.79 Å². The van der Waals surface area contributed by atoms with Gasteiger partial charge in [-0.3, -0.25) is 4.79 Å².